The van der Waals surface area contributed by atoms with E-state index in [2.05, 4.69) is 10.5 Å². The molecule has 0 saturated carbocycles. The number of nitrogens with one attached hydrogen (secondary N) is 1. The molecule has 8 nitrogen and oxygen atoms in total. The van der Waals surface area contributed by atoms with Gasteiger partial charge in [-0.05, 0) is 72.6 Å². The molecule has 10 heteroatoms. The first-order valence-electron chi connectivity index (χ1n) is 12.3. The van der Waals surface area contributed by atoms with Crippen molar-refractivity contribution in [1.29, 1.82) is 0 Å². The van der Waals surface area contributed by atoms with Gasteiger partial charge in [0.25, 0.3) is 15.9 Å². The summed E-state index contributed by atoms with van der Waals surface area (Å²) in [5.74, 6) is 0.340. The molecule has 0 aromatic heterocycles. The number of benzene rings is 4. The van der Waals surface area contributed by atoms with Crippen molar-refractivity contribution in [2.45, 2.75) is 18.4 Å². The summed E-state index contributed by atoms with van der Waals surface area (Å²) in [6.45, 7) is 1.65. The summed E-state index contributed by atoms with van der Waals surface area (Å²) in [4.78, 5) is 12.9. The van der Waals surface area contributed by atoms with Crippen LogP contribution in [0.15, 0.2) is 107 Å². The number of carbonyl (C=O) groups excluding carboxylic acids is 1. The first-order chi connectivity index (χ1) is 19.3. The van der Waals surface area contributed by atoms with Gasteiger partial charge in [0.2, 0.25) is 0 Å². The highest BCUT2D eigenvalue weighted by molar-refractivity contribution is 7.92. The highest BCUT2D eigenvalue weighted by Crippen LogP contribution is 2.33. The van der Waals surface area contributed by atoms with E-state index >= 15 is 0 Å². The molecule has 1 N–H and O–H groups in total. The smallest absolute Gasteiger partial charge is 0.264 e. The fraction of sp³-hybridized carbons (Fsp3) is 0.133. The summed E-state index contributed by atoms with van der Waals surface area (Å²) >= 11 is 6.17. The van der Waals surface area contributed by atoms with Crippen LogP contribution in [0.25, 0.3) is 0 Å². The molecule has 0 fully saturated rings. The highest BCUT2D eigenvalue weighted by Gasteiger charge is 2.29. The lowest BCUT2D eigenvalue weighted by atomic mass is 10.2. The number of ether oxygens (including phenoxy) is 2. The lowest BCUT2D eigenvalue weighted by Crippen LogP contribution is -2.39. The number of hydrogen-bond donors (Lipinski definition) is 1. The number of rotatable bonds is 11. The van der Waals surface area contributed by atoms with Crippen LogP contribution in [-0.2, 0) is 21.4 Å². The van der Waals surface area contributed by atoms with Crippen molar-refractivity contribution < 1.29 is 22.7 Å². The van der Waals surface area contributed by atoms with Crippen LogP contribution in [-0.4, -0.2) is 34.2 Å². The van der Waals surface area contributed by atoms with E-state index in [-0.39, 0.29) is 10.6 Å². The zero-order valence-electron chi connectivity index (χ0n) is 22.0. The number of sulfonamides is 1. The van der Waals surface area contributed by atoms with E-state index in [9.17, 15) is 13.2 Å². The normalized spacial score (nSPS) is 11.3. The first kappa shape index (κ1) is 28.7. The Hall–Kier alpha value is -4.34. The Morgan fingerprint density at radius 3 is 2.38 bits per heavy atom. The summed E-state index contributed by atoms with van der Waals surface area (Å²) in [5.41, 5.74) is 5.05. The van der Waals surface area contributed by atoms with E-state index in [1.807, 2.05) is 31.2 Å². The van der Waals surface area contributed by atoms with Gasteiger partial charge in [0.15, 0.2) is 0 Å². The molecular weight excluding hydrogens is 550 g/mol. The van der Waals surface area contributed by atoms with Crippen LogP contribution in [0.2, 0.25) is 5.02 Å². The van der Waals surface area contributed by atoms with Gasteiger partial charge in [-0.15, -0.1) is 0 Å². The molecule has 0 aliphatic heterocycles. The van der Waals surface area contributed by atoms with Crippen molar-refractivity contribution in [2.75, 3.05) is 18.0 Å². The molecule has 0 heterocycles. The van der Waals surface area contributed by atoms with Gasteiger partial charge in [-0.1, -0.05) is 54.1 Å². The zero-order chi connectivity index (χ0) is 28.5. The third-order valence-corrected chi connectivity index (χ3v) is 8.00. The van der Waals surface area contributed by atoms with Crippen molar-refractivity contribution in [3.63, 3.8) is 0 Å². The Bertz CT molecular complexity index is 1590. The van der Waals surface area contributed by atoms with Crippen molar-refractivity contribution in [1.82, 2.24) is 5.43 Å². The number of carbonyl (C=O) groups is 1. The number of aryl methyl sites for hydroxylation is 1. The highest BCUT2D eigenvalue weighted by atomic mass is 35.5. The van der Waals surface area contributed by atoms with Gasteiger partial charge >= 0.3 is 0 Å². The van der Waals surface area contributed by atoms with Gasteiger partial charge in [0.05, 0.1) is 23.9 Å². The lowest BCUT2D eigenvalue weighted by molar-refractivity contribution is -0.119. The number of halogens is 1. The molecule has 4 aromatic carbocycles. The number of hydrazone groups is 1. The quantitative estimate of drug-likeness (QED) is 0.185. The predicted octanol–water partition coefficient (Wildman–Crippen LogP) is 5.58. The van der Waals surface area contributed by atoms with Gasteiger partial charge in [-0.3, -0.25) is 9.10 Å². The molecule has 0 bridgehead atoms. The molecule has 0 radical (unpaired) electrons. The number of nitrogens with zero attached hydrogens (tertiary/aromatic N) is 2. The summed E-state index contributed by atoms with van der Waals surface area (Å²) in [6.07, 6.45) is 1.46. The van der Waals surface area contributed by atoms with Gasteiger partial charge in [0.1, 0.15) is 24.7 Å². The summed E-state index contributed by atoms with van der Waals surface area (Å²) in [5, 5.41) is 4.64. The molecule has 0 aliphatic rings. The van der Waals surface area contributed by atoms with E-state index in [1.165, 1.54) is 25.5 Å². The molecule has 0 spiro atoms. The molecule has 206 valence electrons. The average Bonchev–Trinajstić information content (AvgIpc) is 2.96. The SMILES string of the molecule is COc1ccc(C)cc1N(CC(=O)N/N=C\c1ccc(OCc2ccccc2Cl)cc1)S(=O)(=O)c1ccccc1. The van der Waals surface area contributed by atoms with E-state index in [1.54, 1.807) is 60.7 Å². The standard InChI is InChI=1S/C30H28ClN3O5S/c1-22-12-17-29(38-2)28(18-22)34(40(36,37)26-9-4-3-5-10-26)20-30(35)33-32-19-23-13-15-25(16-14-23)39-21-24-8-6-7-11-27(24)31/h3-19H,20-21H2,1-2H3,(H,33,35)/b32-19-. The molecule has 0 aliphatic carbocycles. The molecule has 1 amide bonds. The summed E-state index contributed by atoms with van der Waals surface area (Å²) in [7, 11) is -2.65. The minimum absolute atomic E-state index is 0.0479. The number of anilines is 1. The second-order valence-corrected chi connectivity index (χ2v) is 11.0. The van der Waals surface area contributed by atoms with E-state index in [4.69, 9.17) is 21.1 Å². The Kier molecular flexibility index (Phi) is 9.42. The Morgan fingerprint density at radius 2 is 1.68 bits per heavy atom. The fourth-order valence-corrected chi connectivity index (χ4v) is 5.42. The van der Waals surface area contributed by atoms with E-state index in [0.717, 1.165) is 15.4 Å². The Labute approximate surface area is 238 Å². The van der Waals surface area contributed by atoms with Crippen molar-refractivity contribution >= 4 is 39.4 Å². The third-order valence-electron chi connectivity index (χ3n) is 5.86. The fourth-order valence-electron chi connectivity index (χ4n) is 3.79. The van der Waals surface area contributed by atoms with Gasteiger partial charge in [0, 0.05) is 10.6 Å². The molecule has 0 unspecified atom stereocenters. The second kappa shape index (κ2) is 13.1. The minimum atomic E-state index is -4.09. The van der Waals surface area contributed by atoms with Gasteiger partial charge in [-0.25, -0.2) is 13.8 Å². The molecule has 0 saturated heterocycles. The second-order valence-electron chi connectivity index (χ2n) is 8.74. The minimum Gasteiger partial charge on any atom is -0.495 e. The molecule has 0 atom stereocenters. The molecular formula is C30H28ClN3O5S. The number of methoxy groups -OCH3 is 1. The van der Waals surface area contributed by atoms with Crippen molar-refractivity contribution in [2.24, 2.45) is 5.10 Å². The van der Waals surface area contributed by atoms with Crippen LogP contribution in [0.5, 0.6) is 11.5 Å². The van der Waals surface area contributed by atoms with E-state index in [0.29, 0.717) is 28.7 Å². The summed E-state index contributed by atoms with van der Waals surface area (Å²) < 4.78 is 39.3. The maximum Gasteiger partial charge on any atom is 0.264 e. The van der Waals surface area contributed by atoms with Crippen molar-refractivity contribution in [3.8, 4) is 11.5 Å². The van der Waals surface area contributed by atoms with Crippen LogP contribution >= 0.6 is 11.6 Å². The van der Waals surface area contributed by atoms with Crippen LogP contribution in [0.3, 0.4) is 0 Å². The number of amides is 1. The Balaban J connectivity index is 1.45. The molecule has 40 heavy (non-hydrogen) atoms. The molecule has 4 aromatic rings. The largest absolute Gasteiger partial charge is 0.495 e. The number of hydrogen-bond acceptors (Lipinski definition) is 6. The predicted molar refractivity (Wildman–Crippen MR) is 157 cm³/mol. The third kappa shape index (κ3) is 7.19. The maximum atomic E-state index is 13.6. The van der Waals surface area contributed by atoms with E-state index < -0.39 is 22.5 Å². The van der Waals surface area contributed by atoms with Gasteiger partial charge < -0.3 is 9.47 Å². The zero-order valence-corrected chi connectivity index (χ0v) is 23.5. The van der Waals surface area contributed by atoms with Gasteiger partial charge in [-0.2, -0.15) is 5.10 Å². The Morgan fingerprint density at radius 1 is 0.975 bits per heavy atom. The average molecular weight is 578 g/mol. The summed E-state index contributed by atoms with van der Waals surface area (Å²) in [6, 6.07) is 27.6. The van der Waals surface area contributed by atoms with Crippen LogP contribution in [0.4, 0.5) is 5.69 Å². The first-order valence-corrected chi connectivity index (χ1v) is 14.1. The topological polar surface area (TPSA) is 97.3 Å². The van der Waals surface area contributed by atoms with Crippen molar-refractivity contribution in [3.05, 3.63) is 119 Å². The van der Waals surface area contributed by atoms with Crippen LogP contribution < -0.4 is 19.2 Å². The van der Waals surface area contributed by atoms with Crippen LogP contribution in [0.1, 0.15) is 16.7 Å². The maximum absolute atomic E-state index is 13.6. The molecule has 4 rings (SSSR count). The lowest BCUT2D eigenvalue weighted by Gasteiger charge is -2.25. The monoisotopic (exact) mass is 577 g/mol. The van der Waals surface area contributed by atoms with Crippen LogP contribution in [0, 0.1) is 6.92 Å².